The van der Waals surface area contributed by atoms with Crippen molar-refractivity contribution in [3.8, 4) is 0 Å². The molecule has 1 aromatic carbocycles. The third kappa shape index (κ3) is 2.12. The molecular weight excluding hydrogens is 156 g/mol. The van der Waals surface area contributed by atoms with Crippen LogP contribution in [-0.4, -0.2) is 0 Å². The molecule has 0 spiro atoms. The number of aryl methyl sites for hydroxylation is 1. The van der Waals surface area contributed by atoms with E-state index in [1.807, 2.05) is 0 Å². The van der Waals surface area contributed by atoms with E-state index in [-0.39, 0.29) is 0 Å². The van der Waals surface area contributed by atoms with Crippen LogP contribution in [0.4, 0.5) is 0 Å². The van der Waals surface area contributed by atoms with Crippen LogP contribution < -0.4 is 0 Å². The molecule has 1 aromatic rings. The van der Waals surface area contributed by atoms with Crippen LogP contribution in [0, 0.1) is 0 Å². The molecule has 0 heterocycles. The van der Waals surface area contributed by atoms with Crippen molar-refractivity contribution in [2.24, 2.45) is 0 Å². The molecule has 0 nitrogen and oxygen atoms in total. The summed E-state index contributed by atoms with van der Waals surface area (Å²) in [5.74, 6) is 0.910. The number of hydrogen-bond donors (Lipinski definition) is 0. The molecule has 0 aliphatic heterocycles. The van der Waals surface area contributed by atoms with Crippen LogP contribution >= 0.6 is 0 Å². The van der Waals surface area contributed by atoms with Crippen molar-refractivity contribution in [3.05, 3.63) is 35.4 Å². The zero-order chi connectivity index (χ0) is 9.10. The molecule has 13 heavy (non-hydrogen) atoms. The number of hydrogen-bond acceptors (Lipinski definition) is 0. The second-order valence-corrected chi connectivity index (χ2v) is 4.08. The highest BCUT2D eigenvalue weighted by Gasteiger charge is 2.25. The van der Waals surface area contributed by atoms with Gasteiger partial charge in [0.15, 0.2) is 0 Å². The SMILES string of the molecule is CCCCc1ccccc1C1CC1. The minimum absolute atomic E-state index is 0.910. The predicted octanol–water partition coefficient (Wildman–Crippen LogP) is 3.91. The molecular formula is C13H18. The first-order valence-electron chi connectivity index (χ1n) is 5.49. The maximum Gasteiger partial charge on any atom is -0.0159 e. The first-order chi connectivity index (χ1) is 6.42. The molecule has 2 rings (SSSR count). The van der Waals surface area contributed by atoms with E-state index in [9.17, 15) is 0 Å². The summed E-state index contributed by atoms with van der Waals surface area (Å²) < 4.78 is 0. The van der Waals surface area contributed by atoms with Gasteiger partial charge in [0.25, 0.3) is 0 Å². The molecule has 0 amide bonds. The van der Waals surface area contributed by atoms with Crippen molar-refractivity contribution in [2.75, 3.05) is 0 Å². The van der Waals surface area contributed by atoms with Gasteiger partial charge in [0.1, 0.15) is 0 Å². The smallest absolute Gasteiger partial charge is 0.0159 e. The summed E-state index contributed by atoms with van der Waals surface area (Å²) in [6.07, 6.45) is 6.76. The minimum Gasteiger partial charge on any atom is -0.0654 e. The Labute approximate surface area is 81.0 Å². The maximum absolute atomic E-state index is 2.32. The standard InChI is InChI=1S/C13H18/c1-2-3-6-11-7-4-5-8-13(11)12-9-10-12/h4-5,7-8,12H,2-3,6,9-10H2,1H3. The molecule has 1 aliphatic carbocycles. The molecule has 0 aromatic heterocycles. The van der Waals surface area contributed by atoms with E-state index in [0.717, 1.165) is 5.92 Å². The van der Waals surface area contributed by atoms with E-state index in [1.165, 1.54) is 32.1 Å². The average Bonchev–Trinajstić information content (AvgIpc) is 2.98. The van der Waals surface area contributed by atoms with E-state index in [1.54, 1.807) is 11.1 Å². The Hall–Kier alpha value is -0.780. The van der Waals surface area contributed by atoms with Gasteiger partial charge < -0.3 is 0 Å². The maximum atomic E-state index is 2.32. The van der Waals surface area contributed by atoms with Crippen molar-refractivity contribution in [1.29, 1.82) is 0 Å². The summed E-state index contributed by atoms with van der Waals surface area (Å²) in [4.78, 5) is 0. The summed E-state index contributed by atoms with van der Waals surface area (Å²) in [6.45, 7) is 2.26. The van der Waals surface area contributed by atoms with Crippen LogP contribution in [0.25, 0.3) is 0 Å². The number of rotatable bonds is 4. The number of benzene rings is 1. The zero-order valence-corrected chi connectivity index (χ0v) is 8.42. The second-order valence-electron chi connectivity index (χ2n) is 4.08. The van der Waals surface area contributed by atoms with Crippen LogP contribution in [0.5, 0.6) is 0 Å². The van der Waals surface area contributed by atoms with Gasteiger partial charge in [0.05, 0.1) is 0 Å². The summed E-state index contributed by atoms with van der Waals surface area (Å²) in [7, 11) is 0. The third-order valence-electron chi connectivity index (χ3n) is 2.87. The Morgan fingerprint density at radius 3 is 2.69 bits per heavy atom. The lowest BCUT2D eigenvalue weighted by atomic mass is 9.99. The highest BCUT2D eigenvalue weighted by atomic mass is 14.3. The van der Waals surface area contributed by atoms with Crippen LogP contribution in [0.1, 0.15) is 49.7 Å². The van der Waals surface area contributed by atoms with Gasteiger partial charge in [-0.15, -0.1) is 0 Å². The highest BCUT2D eigenvalue weighted by molar-refractivity contribution is 5.33. The van der Waals surface area contributed by atoms with Gasteiger partial charge in [-0.2, -0.15) is 0 Å². The molecule has 0 bridgehead atoms. The van der Waals surface area contributed by atoms with Crippen molar-refractivity contribution in [1.82, 2.24) is 0 Å². The van der Waals surface area contributed by atoms with Crippen molar-refractivity contribution < 1.29 is 0 Å². The average molecular weight is 174 g/mol. The summed E-state index contributed by atoms with van der Waals surface area (Å²) in [5, 5.41) is 0. The summed E-state index contributed by atoms with van der Waals surface area (Å²) >= 11 is 0. The first-order valence-corrected chi connectivity index (χ1v) is 5.49. The monoisotopic (exact) mass is 174 g/mol. The lowest BCUT2D eigenvalue weighted by Crippen LogP contribution is -1.91. The molecule has 0 N–H and O–H groups in total. The summed E-state index contributed by atoms with van der Waals surface area (Å²) in [5.41, 5.74) is 3.24. The van der Waals surface area contributed by atoms with Gasteiger partial charge in [-0.1, -0.05) is 37.6 Å². The van der Waals surface area contributed by atoms with Crippen molar-refractivity contribution >= 4 is 0 Å². The Balaban J connectivity index is 2.12. The Morgan fingerprint density at radius 1 is 1.23 bits per heavy atom. The Morgan fingerprint density at radius 2 is 2.00 bits per heavy atom. The quantitative estimate of drug-likeness (QED) is 0.649. The lowest BCUT2D eigenvalue weighted by Gasteiger charge is -2.06. The molecule has 1 aliphatic rings. The van der Waals surface area contributed by atoms with Crippen molar-refractivity contribution in [2.45, 2.75) is 44.9 Å². The zero-order valence-electron chi connectivity index (χ0n) is 8.42. The molecule has 0 saturated heterocycles. The third-order valence-corrected chi connectivity index (χ3v) is 2.87. The Bertz CT molecular complexity index is 271. The van der Waals surface area contributed by atoms with Crippen LogP contribution in [0.15, 0.2) is 24.3 Å². The van der Waals surface area contributed by atoms with Gasteiger partial charge in [0.2, 0.25) is 0 Å². The van der Waals surface area contributed by atoms with E-state index in [2.05, 4.69) is 31.2 Å². The lowest BCUT2D eigenvalue weighted by molar-refractivity contribution is 0.786. The normalized spacial score (nSPS) is 16.1. The second kappa shape index (κ2) is 3.95. The predicted molar refractivity (Wildman–Crippen MR) is 57.0 cm³/mol. The van der Waals surface area contributed by atoms with Crippen LogP contribution in [0.2, 0.25) is 0 Å². The fourth-order valence-electron chi connectivity index (χ4n) is 1.92. The molecule has 0 radical (unpaired) electrons. The van der Waals surface area contributed by atoms with Gasteiger partial charge in [-0.25, -0.2) is 0 Å². The largest absolute Gasteiger partial charge is 0.0654 e. The van der Waals surface area contributed by atoms with Gasteiger partial charge in [0, 0.05) is 0 Å². The first kappa shape index (κ1) is 8.80. The highest BCUT2D eigenvalue weighted by Crippen LogP contribution is 2.41. The van der Waals surface area contributed by atoms with Gasteiger partial charge in [-0.05, 0) is 42.7 Å². The minimum atomic E-state index is 0.910. The molecule has 1 saturated carbocycles. The van der Waals surface area contributed by atoms with E-state index in [4.69, 9.17) is 0 Å². The van der Waals surface area contributed by atoms with Crippen LogP contribution in [-0.2, 0) is 6.42 Å². The van der Waals surface area contributed by atoms with Crippen molar-refractivity contribution in [3.63, 3.8) is 0 Å². The molecule has 70 valence electrons. The number of unbranched alkanes of at least 4 members (excludes halogenated alkanes) is 1. The molecule has 0 heteroatoms. The van der Waals surface area contributed by atoms with Gasteiger partial charge in [-0.3, -0.25) is 0 Å². The summed E-state index contributed by atoms with van der Waals surface area (Å²) in [6, 6.07) is 8.99. The topological polar surface area (TPSA) is 0 Å². The van der Waals surface area contributed by atoms with Crippen LogP contribution in [0.3, 0.4) is 0 Å². The fraction of sp³-hybridized carbons (Fsp3) is 0.538. The van der Waals surface area contributed by atoms with Gasteiger partial charge >= 0.3 is 0 Å². The van der Waals surface area contributed by atoms with E-state index in [0.29, 0.717) is 0 Å². The Kier molecular flexibility index (Phi) is 2.68. The fourth-order valence-corrected chi connectivity index (χ4v) is 1.92. The molecule has 0 atom stereocenters. The van der Waals surface area contributed by atoms with E-state index >= 15 is 0 Å². The molecule has 0 unspecified atom stereocenters. The molecule has 1 fully saturated rings. The van der Waals surface area contributed by atoms with E-state index < -0.39 is 0 Å².